The maximum absolute atomic E-state index is 12.7. The molecule has 0 bridgehead atoms. The molecule has 0 saturated carbocycles. The Morgan fingerprint density at radius 3 is 1.02 bits per heavy atom. The first kappa shape index (κ1) is 55.4. The number of ether oxygens (including phenoxy) is 3. The Morgan fingerprint density at radius 2 is 0.638 bits per heavy atom. The van der Waals surface area contributed by atoms with Crippen molar-refractivity contribution < 1.29 is 28.6 Å². The van der Waals surface area contributed by atoms with Crippen molar-refractivity contribution in [3.63, 3.8) is 0 Å². The highest BCUT2D eigenvalue weighted by Crippen LogP contribution is 2.13. The minimum absolute atomic E-state index is 0.0850. The third-order valence-corrected chi connectivity index (χ3v) is 10.5. The molecule has 0 aromatic carbocycles. The average molecular weight is 813 g/mol. The van der Waals surface area contributed by atoms with E-state index in [1.165, 1.54) is 109 Å². The maximum atomic E-state index is 12.7. The fourth-order valence-corrected chi connectivity index (χ4v) is 6.74. The van der Waals surface area contributed by atoms with Crippen molar-refractivity contribution >= 4 is 17.9 Å². The fraction of sp³-hybridized carbons (Fsp3) is 0.788. The van der Waals surface area contributed by atoms with Crippen molar-refractivity contribution in [3.05, 3.63) is 48.6 Å². The second kappa shape index (κ2) is 47.1. The van der Waals surface area contributed by atoms with Crippen LogP contribution in [0, 0.1) is 0 Å². The molecule has 0 unspecified atom stereocenters. The van der Waals surface area contributed by atoms with Crippen LogP contribution in [0.1, 0.15) is 245 Å². The van der Waals surface area contributed by atoms with E-state index < -0.39 is 6.10 Å². The van der Waals surface area contributed by atoms with Crippen LogP contribution in [0.5, 0.6) is 0 Å². The lowest BCUT2D eigenvalue weighted by Crippen LogP contribution is -2.30. The average Bonchev–Trinajstić information content (AvgIpc) is 3.22. The van der Waals surface area contributed by atoms with Gasteiger partial charge >= 0.3 is 17.9 Å². The Labute approximate surface area is 358 Å². The number of hydrogen-bond acceptors (Lipinski definition) is 6. The molecule has 0 spiro atoms. The molecule has 0 N–H and O–H groups in total. The summed E-state index contributed by atoms with van der Waals surface area (Å²) in [4.78, 5) is 37.9. The summed E-state index contributed by atoms with van der Waals surface area (Å²) in [5, 5.41) is 0. The van der Waals surface area contributed by atoms with E-state index in [1.54, 1.807) is 0 Å². The van der Waals surface area contributed by atoms with Gasteiger partial charge in [-0.05, 0) is 96.3 Å². The van der Waals surface area contributed by atoms with Gasteiger partial charge in [0.2, 0.25) is 0 Å². The summed E-state index contributed by atoms with van der Waals surface area (Å²) in [5.41, 5.74) is 0. The van der Waals surface area contributed by atoms with Gasteiger partial charge in [-0.2, -0.15) is 0 Å². The van der Waals surface area contributed by atoms with Gasteiger partial charge in [-0.25, -0.2) is 0 Å². The first-order valence-corrected chi connectivity index (χ1v) is 24.6. The van der Waals surface area contributed by atoms with Crippen LogP contribution in [0.25, 0.3) is 0 Å². The number of carbonyl (C=O) groups excluding carboxylic acids is 3. The molecule has 0 aliphatic rings. The predicted molar refractivity (Wildman–Crippen MR) is 247 cm³/mol. The molecule has 0 aliphatic heterocycles. The lowest BCUT2D eigenvalue weighted by molar-refractivity contribution is -0.167. The standard InChI is InChI=1S/C52H92O6/c1-4-7-10-13-16-19-22-25-28-30-33-36-39-42-45-51(54)57-48-49(58-52(55)46-43-40-37-34-31-27-24-21-18-15-12-9-6-3)47-56-50(53)44-41-38-35-32-29-26-23-20-17-14-11-8-5-2/h13,16,20-25,49H,4-12,14-15,17-19,26-48H2,1-3H3/b16-13+,23-20+,24-21+,25-22+/t49-/m1/s1. The Bertz CT molecular complexity index is 1030. The molecule has 0 aromatic heterocycles. The Morgan fingerprint density at radius 1 is 0.345 bits per heavy atom. The van der Waals surface area contributed by atoms with Gasteiger partial charge in [-0.15, -0.1) is 0 Å². The van der Waals surface area contributed by atoms with Gasteiger partial charge in [0.25, 0.3) is 0 Å². The largest absolute Gasteiger partial charge is 0.462 e. The predicted octanol–water partition coefficient (Wildman–Crippen LogP) is 15.9. The van der Waals surface area contributed by atoms with E-state index in [-0.39, 0.29) is 31.1 Å². The van der Waals surface area contributed by atoms with Crippen LogP contribution in [0.3, 0.4) is 0 Å². The quantitative estimate of drug-likeness (QED) is 0.0264. The van der Waals surface area contributed by atoms with Crippen molar-refractivity contribution in [1.29, 1.82) is 0 Å². The van der Waals surface area contributed by atoms with Gasteiger partial charge in [0.05, 0.1) is 0 Å². The molecule has 0 aromatic rings. The highest BCUT2D eigenvalue weighted by molar-refractivity contribution is 5.71. The molecule has 6 heteroatoms. The minimum Gasteiger partial charge on any atom is -0.462 e. The smallest absolute Gasteiger partial charge is 0.306 e. The van der Waals surface area contributed by atoms with Gasteiger partial charge in [-0.3, -0.25) is 14.4 Å². The molecule has 0 heterocycles. The van der Waals surface area contributed by atoms with Crippen LogP contribution in [-0.2, 0) is 28.6 Å². The van der Waals surface area contributed by atoms with Crippen LogP contribution >= 0.6 is 0 Å². The van der Waals surface area contributed by atoms with Gasteiger partial charge in [0.15, 0.2) is 6.10 Å². The molecule has 6 nitrogen and oxygen atoms in total. The van der Waals surface area contributed by atoms with Crippen LogP contribution in [0.15, 0.2) is 48.6 Å². The van der Waals surface area contributed by atoms with Gasteiger partial charge < -0.3 is 14.2 Å². The van der Waals surface area contributed by atoms with Crippen molar-refractivity contribution in [2.45, 2.75) is 252 Å². The molecule has 1 atom stereocenters. The topological polar surface area (TPSA) is 78.9 Å². The molecule has 58 heavy (non-hydrogen) atoms. The number of unbranched alkanes of at least 4 members (excludes halogenated alkanes) is 25. The zero-order chi connectivity index (χ0) is 42.3. The minimum atomic E-state index is -0.784. The molecular formula is C52H92O6. The van der Waals surface area contributed by atoms with Crippen molar-refractivity contribution in [3.8, 4) is 0 Å². The third kappa shape index (κ3) is 44.5. The van der Waals surface area contributed by atoms with Crippen LogP contribution in [0.4, 0.5) is 0 Å². The lowest BCUT2D eigenvalue weighted by Gasteiger charge is -2.18. The van der Waals surface area contributed by atoms with E-state index in [0.717, 1.165) is 96.3 Å². The Kier molecular flexibility index (Phi) is 44.9. The number of carbonyl (C=O) groups is 3. The fourth-order valence-electron chi connectivity index (χ4n) is 6.74. The summed E-state index contributed by atoms with van der Waals surface area (Å²) in [7, 11) is 0. The number of rotatable bonds is 44. The molecule has 0 aliphatic carbocycles. The molecule has 0 radical (unpaired) electrons. The zero-order valence-corrected chi connectivity index (χ0v) is 38.3. The molecule has 0 saturated heterocycles. The van der Waals surface area contributed by atoms with Crippen LogP contribution in [0.2, 0.25) is 0 Å². The summed E-state index contributed by atoms with van der Waals surface area (Å²) in [6.07, 6.45) is 55.1. The highest BCUT2D eigenvalue weighted by atomic mass is 16.6. The second-order valence-corrected chi connectivity index (χ2v) is 16.4. The van der Waals surface area contributed by atoms with Crippen LogP contribution in [-0.4, -0.2) is 37.2 Å². The van der Waals surface area contributed by atoms with E-state index in [1.807, 2.05) is 0 Å². The normalized spacial score (nSPS) is 12.4. The van der Waals surface area contributed by atoms with Crippen LogP contribution < -0.4 is 0 Å². The van der Waals surface area contributed by atoms with E-state index in [2.05, 4.69) is 69.4 Å². The zero-order valence-electron chi connectivity index (χ0n) is 38.3. The summed E-state index contributed by atoms with van der Waals surface area (Å²) in [6, 6.07) is 0. The number of esters is 3. The maximum Gasteiger partial charge on any atom is 0.306 e. The first-order chi connectivity index (χ1) is 28.5. The van der Waals surface area contributed by atoms with E-state index in [0.29, 0.717) is 19.3 Å². The van der Waals surface area contributed by atoms with E-state index in [9.17, 15) is 14.4 Å². The summed E-state index contributed by atoms with van der Waals surface area (Å²) in [5.74, 6) is -0.914. The molecule has 0 amide bonds. The van der Waals surface area contributed by atoms with Crippen molar-refractivity contribution in [2.75, 3.05) is 13.2 Å². The number of hydrogen-bond donors (Lipinski definition) is 0. The van der Waals surface area contributed by atoms with Crippen molar-refractivity contribution in [1.82, 2.24) is 0 Å². The molecule has 0 rings (SSSR count). The van der Waals surface area contributed by atoms with E-state index in [4.69, 9.17) is 14.2 Å². The monoisotopic (exact) mass is 813 g/mol. The van der Waals surface area contributed by atoms with Gasteiger partial charge in [0, 0.05) is 19.3 Å². The van der Waals surface area contributed by atoms with Gasteiger partial charge in [0.1, 0.15) is 13.2 Å². The summed E-state index contributed by atoms with van der Waals surface area (Å²) < 4.78 is 16.7. The molecular weight excluding hydrogens is 721 g/mol. The highest BCUT2D eigenvalue weighted by Gasteiger charge is 2.19. The summed E-state index contributed by atoms with van der Waals surface area (Å²) >= 11 is 0. The number of allylic oxidation sites excluding steroid dienone is 8. The summed E-state index contributed by atoms with van der Waals surface area (Å²) in [6.45, 7) is 6.54. The SMILES string of the molecule is CCCC/C=C/C/C=C/CCCCCCCC(=O)OC[C@@H](COC(=O)CCCCCCC/C=C/CCCCCC)OC(=O)CCCCCCC/C=C/CCCCCC. The Hall–Kier alpha value is -2.63. The van der Waals surface area contributed by atoms with E-state index >= 15 is 0 Å². The Balaban J connectivity index is 4.42. The third-order valence-electron chi connectivity index (χ3n) is 10.5. The van der Waals surface area contributed by atoms with Gasteiger partial charge in [-0.1, -0.05) is 179 Å². The molecule has 0 fully saturated rings. The second-order valence-electron chi connectivity index (χ2n) is 16.4. The lowest BCUT2D eigenvalue weighted by atomic mass is 10.1. The first-order valence-electron chi connectivity index (χ1n) is 24.6. The van der Waals surface area contributed by atoms with Crippen molar-refractivity contribution in [2.24, 2.45) is 0 Å². The molecule has 336 valence electrons.